The predicted molar refractivity (Wildman–Crippen MR) is 76.3 cm³/mol. The molecule has 1 aromatic rings. The topological polar surface area (TPSA) is 91.3 Å². The Morgan fingerprint density at radius 2 is 2.43 bits per heavy atom. The van der Waals surface area contributed by atoms with Crippen LogP contribution in [0.15, 0.2) is 18.3 Å². The average Bonchev–Trinajstić information content (AvgIpc) is 2.50. The third-order valence-corrected chi connectivity index (χ3v) is 3.08. The largest absolute Gasteiger partial charge is 0.395 e. The van der Waals surface area contributed by atoms with Crippen molar-refractivity contribution >= 4 is 11.8 Å². The van der Waals surface area contributed by atoms with Gasteiger partial charge in [-0.2, -0.15) is 0 Å². The lowest BCUT2D eigenvalue weighted by Gasteiger charge is -2.23. The Kier molecular flexibility index (Phi) is 5.29. The molecule has 1 saturated heterocycles. The fraction of sp³-hybridized carbons (Fsp3) is 0.400. The minimum atomic E-state index is -0.301. The van der Waals surface area contributed by atoms with E-state index in [-0.39, 0.29) is 30.2 Å². The lowest BCUT2D eigenvalue weighted by atomic mass is 10.1. The van der Waals surface area contributed by atoms with E-state index >= 15 is 0 Å². The molecule has 1 unspecified atom stereocenters. The van der Waals surface area contributed by atoms with Gasteiger partial charge in [0.15, 0.2) is 0 Å². The van der Waals surface area contributed by atoms with Gasteiger partial charge in [0, 0.05) is 31.6 Å². The highest BCUT2D eigenvalue weighted by atomic mass is 16.2. The molecule has 0 aromatic carbocycles. The van der Waals surface area contributed by atoms with E-state index in [1.165, 1.54) is 6.20 Å². The number of amides is 2. The van der Waals surface area contributed by atoms with E-state index in [0.29, 0.717) is 31.4 Å². The number of nitrogens with one attached hydrogen (secondary N) is 2. The molecule has 1 aliphatic heterocycles. The van der Waals surface area contributed by atoms with Crippen molar-refractivity contribution in [3.63, 3.8) is 0 Å². The molecule has 2 rings (SSSR count). The van der Waals surface area contributed by atoms with Crippen LogP contribution in [0.5, 0.6) is 0 Å². The van der Waals surface area contributed by atoms with Gasteiger partial charge in [0.05, 0.1) is 12.2 Å². The maximum Gasteiger partial charge on any atom is 0.271 e. The SMILES string of the molecule is O=C1CCC(NC(=O)c2ncccc2C#CCCO)CN1. The summed E-state index contributed by atoms with van der Waals surface area (Å²) in [4.78, 5) is 27.4. The van der Waals surface area contributed by atoms with Crippen molar-refractivity contribution in [2.24, 2.45) is 0 Å². The van der Waals surface area contributed by atoms with Crippen LogP contribution >= 0.6 is 0 Å². The summed E-state index contributed by atoms with van der Waals surface area (Å²) in [6, 6.07) is 3.34. The molecule has 0 saturated carbocycles. The van der Waals surface area contributed by atoms with E-state index in [9.17, 15) is 9.59 Å². The summed E-state index contributed by atoms with van der Waals surface area (Å²) >= 11 is 0. The molecular weight excluding hydrogens is 270 g/mol. The minimum Gasteiger partial charge on any atom is -0.395 e. The van der Waals surface area contributed by atoms with Crippen LogP contribution in [0.4, 0.5) is 0 Å². The first kappa shape index (κ1) is 15.0. The molecule has 2 heterocycles. The number of hydrogen-bond acceptors (Lipinski definition) is 4. The van der Waals surface area contributed by atoms with Gasteiger partial charge in [0.25, 0.3) is 5.91 Å². The van der Waals surface area contributed by atoms with E-state index < -0.39 is 0 Å². The number of aromatic nitrogens is 1. The Bertz CT molecular complexity index is 579. The fourth-order valence-electron chi connectivity index (χ4n) is 2.01. The molecule has 3 N–H and O–H groups in total. The third kappa shape index (κ3) is 4.29. The van der Waals surface area contributed by atoms with Crippen molar-refractivity contribution in [3.8, 4) is 11.8 Å². The third-order valence-electron chi connectivity index (χ3n) is 3.08. The molecule has 110 valence electrons. The second-order valence-corrected chi connectivity index (χ2v) is 4.69. The molecule has 1 aromatic heterocycles. The molecule has 1 atom stereocenters. The van der Waals surface area contributed by atoms with Gasteiger partial charge in [-0.05, 0) is 18.6 Å². The lowest BCUT2D eigenvalue weighted by molar-refractivity contribution is -0.122. The number of carbonyl (C=O) groups excluding carboxylic acids is 2. The lowest BCUT2D eigenvalue weighted by Crippen LogP contribution is -2.48. The first-order chi connectivity index (χ1) is 10.2. The molecule has 0 bridgehead atoms. The van der Waals surface area contributed by atoms with Gasteiger partial charge in [-0.25, -0.2) is 4.98 Å². The van der Waals surface area contributed by atoms with E-state index in [4.69, 9.17) is 5.11 Å². The number of nitrogens with zero attached hydrogens (tertiary/aromatic N) is 1. The van der Waals surface area contributed by atoms with Crippen LogP contribution in [0.2, 0.25) is 0 Å². The summed E-state index contributed by atoms with van der Waals surface area (Å²) in [5.74, 6) is 5.32. The van der Waals surface area contributed by atoms with Crippen LogP contribution in [0.1, 0.15) is 35.3 Å². The van der Waals surface area contributed by atoms with Crippen molar-refractivity contribution in [2.75, 3.05) is 13.2 Å². The summed E-state index contributed by atoms with van der Waals surface area (Å²) in [7, 11) is 0. The van der Waals surface area contributed by atoms with Crippen molar-refractivity contribution < 1.29 is 14.7 Å². The van der Waals surface area contributed by atoms with Crippen molar-refractivity contribution in [1.29, 1.82) is 0 Å². The Labute approximate surface area is 123 Å². The monoisotopic (exact) mass is 287 g/mol. The summed E-state index contributed by atoms with van der Waals surface area (Å²) in [5, 5.41) is 14.3. The van der Waals surface area contributed by atoms with E-state index in [2.05, 4.69) is 27.5 Å². The molecule has 6 nitrogen and oxygen atoms in total. The van der Waals surface area contributed by atoms with Crippen LogP contribution in [0, 0.1) is 11.8 Å². The second kappa shape index (κ2) is 7.41. The van der Waals surface area contributed by atoms with Crippen molar-refractivity contribution in [3.05, 3.63) is 29.6 Å². The quantitative estimate of drug-likeness (QED) is 0.673. The number of piperidine rings is 1. The van der Waals surface area contributed by atoms with Gasteiger partial charge in [-0.3, -0.25) is 9.59 Å². The highest BCUT2D eigenvalue weighted by Gasteiger charge is 2.21. The van der Waals surface area contributed by atoms with Gasteiger partial charge in [-0.1, -0.05) is 11.8 Å². The second-order valence-electron chi connectivity index (χ2n) is 4.69. The van der Waals surface area contributed by atoms with Crippen LogP contribution in [0.3, 0.4) is 0 Å². The smallest absolute Gasteiger partial charge is 0.271 e. The minimum absolute atomic E-state index is 0.00824. The Morgan fingerprint density at radius 1 is 1.57 bits per heavy atom. The Hall–Kier alpha value is -2.39. The summed E-state index contributed by atoms with van der Waals surface area (Å²) in [6.45, 7) is 0.416. The Morgan fingerprint density at radius 3 is 3.14 bits per heavy atom. The highest BCUT2D eigenvalue weighted by Crippen LogP contribution is 2.07. The predicted octanol–water partition coefficient (Wildman–Crippen LogP) is -0.176. The number of carbonyl (C=O) groups is 2. The van der Waals surface area contributed by atoms with E-state index in [0.717, 1.165) is 0 Å². The van der Waals surface area contributed by atoms with Crippen molar-refractivity contribution in [2.45, 2.75) is 25.3 Å². The molecule has 0 radical (unpaired) electrons. The standard InChI is InChI=1S/C15H17N3O3/c19-9-2-1-4-11-5-3-8-16-14(11)15(21)18-12-6-7-13(20)17-10-12/h3,5,8,12,19H,2,6-7,9-10H2,(H,17,20)(H,18,21). The zero-order valence-corrected chi connectivity index (χ0v) is 11.6. The molecule has 0 aliphatic carbocycles. The van der Waals surface area contributed by atoms with Crippen LogP contribution in [-0.2, 0) is 4.79 Å². The molecule has 6 heteroatoms. The molecule has 0 spiro atoms. The maximum atomic E-state index is 12.2. The summed E-state index contributed by atoms with van der Waals surface area (Å²) in [5.41, 5.74) is 0.795. The van der Waals surface area contributed by atoms with Crippen LogP contribution in [-0.4, -0.2) is 41.1 Å². The van der Waals surface area contributed by atoms with Crippen molar-refractivity contribution in [1.82, 2.24) is 15.6 Å². The first-order valence-electron chi connectivity index (χ1n) is 6.83. The Balaban J connectivity index is 2.05. The number of pyridine rings is 1. The van der Waals surface area contributed by atoms with Gasteiger partial charge in [0.2, 0.25) is 5.91 Å². The van der Waals surface area contributed by atoms with E-state index in [1.54, 1.807) is 12.1 Å². The molecule has 21 heavy (non-hydrogen) atoms. The van der Waals surface area contributed by atoms with Gasteiger partial charge in [-0.15, -0.1) is 0 Å². The fourth-order valence-corrected chi connectivity index (χ4v) is 2.01. The maximum absolute atomic E-state index is 12.2. The zero-order valence-electron chi connectivity index (χ0n) is 11.6. The molecule has 1 fully saturated rings. The number of aliphatic hydroxyl groups excluding tert-OH is 1. The number of aliphatic hydroxyl groups is 1. The normalized spacial score (nSPS) is 17.4. The van der Waals surface area contributed by atoms with Gasteiger partial charge >= 0.3 is 0 Å². The average molecular weight is 287 g/mol. The van der Waals surface area contributed by atoms with Gasteiger partial charge in [0.1, 0.15) is 5.69 Å². The molecular formula is C15H17N3O3. The molecule has 2 amide bonds. The van der Waals surface area contributed by atoms with Gasteiger partial charge < -0.3 is 15.7 Å². The van der Waals surface area contributed by atoms with Crippen LogP contribution in [0.25, 0.3) is 0 Å². The summed E-state index contributed by atoms with van der Waals surface area (Å²) < 4.78 is 0. The number of rotatable bonds is 3. The summed E-state index contributed by atoms with van der Waals surface area (Å²) in [6.07, 6.45) is 2.92. The zero-order chi connectivity index (χ0) is 15.1. The number of hydrogen-bond donors (Lipinski definition) is 3. The van der Waals surface area contributed by atoms with Crippen LogP contribution < -0.4 is 10.6 Å². The van der Waals surface area contributed by atoms with E-state index in [1.807, 2.05) is 0 Å². The highest BCUT2D eigenvalue weighted by molar-refractivity contribution is 5.95. The first-order valence-corrected chi connectivity index (χ1v) is 6.83. The molecule has 1 aliphatic rings.